The van der Waals surface area contributed by atoms with E-state index >= 15 is 0 Å². The van der Waals surface area contributed by atoms with Crippen molar-refractivity contribution in [1.29, 1.82) is 0 Å². The van der Waals surface area contributed by atoms with E-state index in [9.17, 15) is 4.57 Å². The van der Waals surface area contributed by atoms with Gasteiger partial charge >= 0.3 is 7.75 Å². The summed E-state index contributed by atoms with van der Waals surface area (Å²) in [5.74, 6) is 0.257. The van der Waals surface area contributed by atoms with Crippen LogP contribution >= 0.6 is 30.9 Å². The van der Waals surface area contributed by atoms with E-state index in [-0.39, 0.29) is 5.75 Å². The fraction of sp³-hybridized carbons (Fsp3) is 0.571. The summed E-state index contributed by atoms with van der Waals surface area (Å²) in [5, 5.41) is 3.67. The highest BCUT2D eigenvalue weighted by Gasteiger charge is 2.26. The smallest absolute Gasteiger partial charge is 0.412 e. The summed E-state index contributed by atoms with van der Waals surface area (Å²) in [4.78, 5) is 0. The van der Waals surface area contributed by atoms with Gasteiger partial charge in [-0.1, -0.05) is 49.9 Å². The summed E-state index contributed by atoms with van der Waals surface area (Å²) in [6.45, 7) is 5.01. The predicted octanol–water partition coefficient (Wildman–Crippen LogP) is 5.69. The lowest BCUT2D eigenvalue weighted by Gasteiger charge is -2.20. The number of benzene rings is 1. The largest absolute Gasteiger partial charge is 0.458 e. The van der Waals surface area contributed by atoms with Crippen molar-refractivity contribution in [3.8, 4) is 5.75 Å². The molecule has 1 aromatic rings. The van der Waals surface area contributed by atoms with Crippen LogP contribution in [-0.2, 0) is 9.09 Å². The van der Waals surface area contributed by atoms with Gasteiger partial charge < -0.3 is 4.52 Å². The summed E-state index contributed by atoms with van der Waals surface area (Å²) in [7, 11) is -3.44. The Bertz CT molecular complexity index is 471. The first kappa shape index (κ1) is 18.8. The Labute approximate surface area is 136 Å². The zero-order valence-corrected chi connectivity index (χ0v) is 14.8. The molecule has 0 aliphatic heterocycles. The second kappa shape index (κ2) is 9.70. The molecule has 21 heavy (non-hydrogen) atoms. The second-order valence-electron chi connectivity index (χ2n) is 4.61. The fourth-order valence-electron chi connectivity index (χ4n) is 1.50. The van der Waals surface area contributed by atoms with Crippen LogP contribution in [0, 0.1) is 0 Å². The van der Waals surface area contributed by atoms with Gasteiger partial charge in [0.15, 0.2) is 5.75 Å². The quantitative estimate of drug-likeness (QED) is 0.433. The van der Waals surface area contributed by atoms with Crippen molar-refractivity contribution in [3.63, 3.8) is 0 Å². The third-order valence-corrected chi connectivity index (χ3v) is 4.82. The van der Waals surface area contributed by atoms with Gasteiger partial charge in [-0.25, -0.2) is 9.65 Å². The minimum absolute atomic E-state index is 0.257. The molecule has 0 saturated heterocycles. The zero-order chi connectivity index (χ0) is 15.7. The first-order valence-corrected chi connectivity index (χ1v) is 9.45. The summed E-state index contributed by atoms with van der Waals surface area (Å²) in [6, 6.07) is 4.77. The summed E-state index contributed by atoms with van der Waals surface area (Å²) < 4.78 is 23.7. The molecule has 1 rings (SSSR count). The van der Waals surface area contributed by atoms with E-state index in [0.717, 1.165) is 25.7 Å². The molecule has 1 unspecified atom stereocenters. The maximum absolute atomic E-state index is 12.7. The van der Waals surface area contributed by atoms with Crippen molar-refractivity contribution in [2.24, 2.45) is 0 Å². The maximum Gasteiger partial charge on any atom is 0.458 e. The van der Waals surface area contributed by atoms with Crippen molar-refractivity contribution in [2.75, 3.05) is 13.2 Å². The number of halogens is 2. The van der Waals surface area contributed by atoms with Crippen molar-refractivity contribution < 1.29 is 13.6 Å². The van der Waals surface area contributed by atoms with Crippen LogP contribution in [0.5, 0.6) is 5.75 Å². The van der Waals surface area contributed by atoms with Gasteiger partial charge in [0, 0.05) is 17.6 Å². The minimum Gasteiger partial charge on any atom is -0.412 e. The highest BCUT2D eigenvalue weighted by atomic mass is 35.5. The standard InChI is InChI=1S/C14H22Cl2NO3P/c1-3-5-9-17-21(18,19-10-6-4-2)20-14-11-12(15)7-8-13(14)16/h7-8,11H,3-6,9-10H2,1-2H3,(H,17,18). The SMILES string of the molecule is CCCCNP(=O)(OCCCC)Oc1cc(Cl)ccc1Cl. The Morgan fingerprint density at radius 2 is 1.90 bits per heavy atom. The first-order chi connectivity index (χ1) is 10.0. The van der Waals surface area contributed by atoms with Gasteiger partial charge in [0.05, 0.1) is 11.6 Å². The van der Waals surface area contributed by atoms with E-state index in [0.29, 0.717) is 23.2 Å². The average Bonchev–Trinajstić information content (AvgIpc) is 2.43. The number of unbranched alkanes of at least 4 members (excludes halogenated alkanes) is 2. The molecule has 0 amide bonds. The molecule has 0 heterocycles. The number of hydrogen-bond acceptors (Lipinski definition) is 3. The van der Waals surface area contributed by atoms with Gasteiger partial charge in [-0.3, -0.25) is 4.52 Å². The summed E-state index contributed by atoms with van der Waals surface area (Å²) in [6.07, 6.45) is 3.63. The van der Waals surface area contributed by atoms with Crippen LogP contribution in [0.2, 0.25) is 10.0 Å². The molecular weight excluding hydrogens is 332 g/mol. The van der Waals surface area contributed by atoms with Crippen molar-refractivity contribution in [2.45, 2.75) is 39.5 Å². The van der Waals surface area contributed by atoms with Crippen molar-refractivity contribution in [1.82, 2.24) is 5.09 Å². The second-order valence-corrected chi connectivity index (χ2v) is 7.21. The predicted molar refractivity (Wildman–Crippen MR) is 88.5 cm³/mol. The van der Waals surface area contributed by atoms with Crippen LogP contribution in [-0.4, -0.2) is 13.2 Å². The van der Waals surface area contributed by atoms with Crippen LogP contribution in [0.3, 0.4) is 0 Å². The monoisotopic (exact) mass is 353 g/mol. The average molecular weight is 354 g/mol. The molecule has 4 nitrogen and oxygen atoms in total. The molecule has 0 spiro atoms. The highest BCUT2D eigenvalue weighted by Crippen LogP contribution is 2.46. The first-order valence-electron chi connectivity index (χ1n) is 7.15. The Balaban J connectivity index is 2.79. The van der Waals surface area contributed by atoms with Gasteiger partial charge in [-0.05, 0) is 25.0 Å². The van der Waals surface area contributed by atoms with E-state index < -0.39 is 7.75 Å². The van der Waals surface area contributed by atoms with Crippen LogP contribution in [0.25, 0.3) is 0 Å². The van der Waals surface area contributed by atoms with Crippen LogP contribution in [0.4, 0.5) is 0 Å². The molecule has 0 aromatic heterocycles. The number of nitrogens with one attached hydrogen (secondary N) is 1. The van der Waals surface area contributed by atoms with Gasteiger partial charge in [0.25, 0.3) is 0 Å². The van der Waals surface area contributed by atoms with E-state index in [1.54, 1.807) is 12.1 Å². The lowest BCUT2D eigenvalue weighted by atomic mass is 10.3. The normalized spacial score (nSPS) is 13.9. The third kappa shape index (κ3) is 7.03. The molecule has 1 atom stereocenters. The Kier molecular flexibility index (Phi) is 8.69. The molecule has 7 heteroatoms. The van der Waals surface area contributed by atoms with E-state index in [2.05, 4.69) is 12.0 Å². The molecule has 0 aliphatic carbocycles. The van der Waals surface area contributed by atoms with Gasteiger partial charge in [-0.2, -0.15) is 0 Å². The van der Waals surface area contributed by atoms with Gasteiger partial charge in [0.1, 0.15) is 0 Å². The number of rotatable bonds is 10. The highest BCUT2D eigenvalue weighted by molar-refractivity contribution is 7.52. The topological polar surface area (TPSA) is 47.6 Å². The molecule has 0 bridgehead atoms. The summed E-state index contributed by atoms with van der Waals surface area (Å²) in [5.41, 5.74) is 0. The molecule has 0 aliphatic rings. The number of hydrogen-bond donors (Lipinski definition) is 1. The molecule has 0 radical (unpaired) electrons. The molecule has 0 fully saturated rings. The van der Waals surface area contributed by atoms with Crippen LogP contribution in [0.15, 0.2) is 18.2 Å². The lowest BCUT2D eigenvalue weighted by molar-refractivity contribution is 0.251. The Hall–Kier alpha value is -0.250. The molecule has 1 N–H and O–H groups in total. The van der Waals surface area contributed by atoms with Crippen LogP contribution in [0.1, 0.15) is 39.5 Å². The minimum atomic E-state index is -3.44. The van der Waals surface area contributed by atoms with Gasteiger partial charge in [-0.15, -0.1) is 0 Å². The Morgan fingerprint density at radius 1 is 1.19 bits per heavy atom. The molecule has 1 aromatic carbocycles. The van der Waals surface area contributed by atoms with Crippen molar-refractivity contribution >= 4 is 30.9 Å². The zero-order valence-electron chi connectivity index (χ0n) is 12.4. The lowest BCUT2D eigenvalue weighted by Crippen LogP contribution is -2.18. The maximum atomic E-state index is 12.7. The Morgan fingerprint density at radius 3 is 2.57 bits per heavy atom. The third-order valence-electron chi connectivity index (χ3n) is 2.71. The van der Waals surface area contributed by atoms with E-state index in [1.807, 2.05) is 6.92 Å². The fourth-order valence-corrected chi connectivity index (χ4v) is 3.29. The molecule has 0 saturated carbocycles. The summed E-state index contributed by atoms with van der Waals surface area (Å²) >= 11 is 11.9. The molecular formula is C14H22Cl2NO3P. The van der Waals surface area contributed by atoms with Gasteiger partial charge in [0.2, 0.25) is 0 Å². The van der Waals surface area contributed by atoms with Crippen molar-refractivity contribution in [3.05, 3.63) is 28.2 Å². The van der Waals surface area contributed by atoms with E-state index in [1.165, 1.54) is 6.07 Å². The van der Waals surface area contributed by atoms with Crippen LogP contribution < -0.4 is 9.61 Å². The van der Waals surface area contributed by atoms with E-state index in [4.69, 9.17) is 32.2 Å². The molecule has 120 valence electrons.